The highest BCUT2D eigenvalue weighted by atomic mass is 16.7. The smallest absolute Gasteiger partial charge is 0.303 e. The van der Waals surface area contributed by atoms with Crippen LogP contribution in [0.1, 0.15) is 48.0 Å². The van der Waals surface area contributed by atoms with E-state index in [1.54, 1.807) is 0 Å². The van der Waals surface area contributed by atoms with Gasteiger partial charge in [0, 0.05) is 20.8 Å². The molecule has 0 radical (unpaired) electrons. The van der Waals surface area contributed by atoms with Crippen molar-refractivity contribution in [2.45, 2.75) is 45.3 Å². The maximum atomic E-state index is 11.6. The molecule has 1 saturated heterocycles. The van der Waals surface area contributed by atoms with Crippen molar-refractivity contribution in [3.05, 3.63) is 11.4 Å². The molecule has 2 amide bonds. The van der Waals surface area contributed by atoms with E-state index in [1.165, 1.54) is 0 Å². The van der Waals surface area contributed by atoms with Crippen LogP contribution in [0.25, 0.3) is 0 Å². The molecule has 1 aliphatic rings. The van der Waals surface area contributed by atoms with Gasteiger partial charge in [0.2, 0.25) is 6.23 Å². The van der Waals surface area contributed by atoms with E-state index in [2.05, 4.69) is 10.2 Å². The van der Waals surface area contributed by atoms with Crippen LogP contribution in [-0.4, -0.2) is 69.6 Å². The van der Waals surface area contributed by atoms with Crippen LogP contribution in [0, 0.1) is 0 Å². The second kappa shape index (κ2) is 8.64. The fraction of sp³-hybridized carbons (Fsp3) is 0.533. The Hall–Kier alpha value is -3.55. The topological polar surface area (TPSA) is 205 Å². The van der Waals surface area contributed by atoms with Gasteiger partial charge in [0.15, 0.2) is 23.6 Å². The summed E-state index contributed by atoms with van der Waals surface area (Å²) in [5.41, 5.74) is 9.27. The van der Waals surface area contributed by atoms with Gasteiger partial charge in [0.1, 0.15) is 12.7 Å². The van der Waals surface area contributed by atoms with Crippen molar-refractivity contribution < 1.29 is 42.9 Å². The highest BCUT2D eigenvalue weighted by Gasteiger charge is 2.52. The number of rotatable bonds is 7. The van der Waals surface area contributed by atoms with Gasteiger partial charge in [-0.1, -0.05) is 0 Å². The van der Waals surface area contributed by atoms with Crippen LogP contribution in [0.2, 0.25) is 0 Å². The molecular weight excluding hydrogens is 394 g/mol. The summed E-state index contributed by atoms with van der Waals surface area (Å²) >= 11 is 0. The fourth-order valence-electron chi connectivity index (χ4n) is 2.65. The molecule has 2 rings (SSSR count). The third kappa shape index (κ3) is 5.04. The molecule has 158 valence electrons. The normalized spacial score (nSPS) is 23.3. The van der Waals surface area contributed by atoms with Gasteiger partial charge in [-0.15, -0.1) is 15.0 Å². The van der Waals surface area contributed by atoms with Gasteiger partial charge >= 0.3 is 17.9 Å². The molecule has 14 nitrogen and oxygen atoms in total. The molecule has 0 unspecified atom stereocenters. The molecule has 4 N–H and O–H groups in total. The van der Waals surface area contributed by atoms with Crippen molar-refractivity contribution in [1.29, 1.82) is 0 Å². The predicted molar refractivity (Wildman–Crippen MR) is 88.7 cm³/mol. The maximum absolute atomic E-state index is 11.6. The molecule has 1 aliphatic heterocycles. The van der Waals surface area contributed by atoms with Gasteiger partial charge in [-0.2, -0.15) is 0 Å². The van der Waals surface area contributed by atoms with Crippen LogP contribution < -0.4 is 11.5 Å². The van der Waals surface area contributed by atoms with Crippen molar-refractivity contribution >= 4 is 29.7 Å². The van der Waals surface area contributed by atoms with E-state index in [1.807, 2.05) is 0 Å². The molecule has 0 saturated carbocycles. The Kier molecular flexibility index (Phi) is 6.48. The molecule has 1 aromatic rings. The molecule has 0 spiro atoms. The number of nitrogens with two attached hydrogens (primary N) is 2. The van der Waals surface area contributed by atoms with Crippen LogP contribution in [0.4, 0.5) is 0 Å². The number of hydrogen-bond acceptors (Lipinski definition) is 11. The first-order valence-corrected chi connectivity index (χ1v) is 8.21. The third-order valence-corrected chi connectivity index (χ3v) is 3.66. The van der Waals surface area contributed by atoms with E-state index < -0.39 is 65.6 Å². The van der Waals surface area contributed by atoms with Crippen LogP contribution in [0.15, 0.2) is 0 Å². The third-order valence-electron chi connectivity index (χ3n) is 3.66. The van der Waals surface area contributed by atoms with Crippen molar-refractivity contribution in [2.24, 2.45) is 11.5 Å². The summed E-state index contributed by atoms with van der Waals surface area (Å²) in [6.45, 7) is 3.02. The van der Waals surface area contributed by atoms with Crippen LogP contribution >= 0.6 is 0 Å². The second-order valence-corrected chi connectivity index (χ2v) is 5.96. The summed E-state index contributed by atoms with van der Waals surface area (Å²) in [5, 5.41) is 7.56. The minimum Gasteiger partial charge on any atom is -0.463 e. The number of amides is 2. The largest absolute Gasteiger partial charge is 0.463 e. The van der Waals surface area contributed by atoms with Gasteiger partial charge < -0.3 is 30.4 Å². The highest BCUT2D eigenvalue weighted by molar-refractivity contribution is 6.03. The standard InChI is InChI=1S/C15H19N5O9/c1-5(21)26-4-8-11(27-6(2)22)12(28-7(3)23)15(29-8)20-18-9(13(16)24)10(19-20)14(17)25/h8,11-12,15H,4H2,1-3H3,(H2,16,24)(H2,17,25)/t8-,11-,12-,15-/m1/s1. The summed E-state index contributed by atoms with van der Waals surface area (Å²) < 4.78 is 20.9. The quantitative estimate of drug-likeness (QED) is 0.362. The molecule has 4 atom stereocenters. The first kappa shape index (κ1) is 21.7. The summed E-state index contributed by atoms with van der Waals surface area (Å²) in [7, 11) is 0. The number of carbonyl (C=O) groups excluding carboxylic acids is 5. The Balaban J connectivity index is 2.47. The number of hydrogen-bond donors (Lipinski definition) is 2. The Morgan fingerprint density at radius 3 is 1.79 bits per heavy atom. The number of aromatic nitrogens is 3. The lowest BCUT2D eigenvalue weighted by atomic mass is 10.1. The summed E-state index contributed by atoms with van der Waals surface area (Å²) in [4.78, 5) is 58.0. The average molecular weight is 413 g/mol. The van der Waals surface area contributed by atoms with E-state index in [0.717, 1.165) is 25.6 Å². The van der Waals surface area contributed by atoms with Crippen molar-refractivity contribution in [3.63, 3.8) is 0 Å². The Labute approximate surface area is 163 Å². The SMILES string of the molecule is CC(=O)OC[C@H]1O[C@@H](n2nc(C(N)=O)c(C(N)=O)n2)[C@H](OC(C)=O)[C@@H]1OC(C)=O. The van der Waals surface area contributed by atoms with Crippen molar-refractivity contribution in [2.75, 3.05) is 6.61 Å². The number of ether oxygens (including phenoxy) is 4. The number of esters is 3. The van der Waals surface area contributed by atoms with E-state index >= 15 is 0 Å². The van der Waals surface area contributed by atoms with Crippen LogP contribution in [0.5, 0.6) is 0 Å². The lowest BCUT2D eigenvalue weighted by Crippen LogP contribution is -2.40. The molecule has 29 heavy (non-hydrogen) atoms. The van der Waals surface area contributed by atoms with Gasteiger partial charge in [0.05, 0.1) is 0 Å². The summed E-state index contributed by atoms with van der Waals surface area (Å²) in [5.74, 6) is -4.29. The molecule has 0 aromatic carbocycles. The molecular formula is C15H19N5O9. The van der Waals surface area contributed by atoms with E-state index in [-0.39, 0.29) is 6.61 Å². The molecule has 1 aromatic heterocycles. The van der Waals surface area contributed by atoms with E-state index in [9.17, 15) is 24.0 Å². The lowest BCUT2D eigenvalue weighted by molar-refractivity contribution is -0.166. The molecule has 2 heterocycles. The highest BCUT2D eigenvalue weighted by Crippen LogP contribution is 2.34. The number of primary amides is 2. The predicted octanol–water partition coefficient (Wildman–Crippen LogP) is -2.20. The zero-order valence-electron chi connectivity index (χ0n) is 15.7. The Morgan fingerprint density at radius 1 is 0.897 bits per heavy atom. The van der Waals surface area contributed by atoms with Gasteiger partial charge in [-0.05, 0) is 0 Å². The fourth-order valence-corrected chi connectivity index (χ4v) is 2.65. The molecule has 0 aliphatic carbocycles. The maximum Gasteiger partial charge on any atom is 0.303 e. The van der Waals surface area contributed by atoms with Crippen molar-refractivity contribution in [1.82, 2.24) is 15.0 Å². The van der Waals surface area contributed by atoms with Crippen LogP contribution in [0.3, 0.4) is 0 Å². The lowest BCUT2D eigenvalue weighted by Gasteiger charge is -2.22. The second-order valence-electron chi connectivity index (χ2n) is 5.96. The van der Waals surface area contributed by atoms with Gasteiger partial charge in [-0.25, -0.2) is 0 Å². The van der Waals surface area contributed by atoms with Gasteiger partial charge in [0.25, 0.3) is 11.8 Å². The monoisotopic (exact) mass is 413 g/mol. The minimum absolute atomic E-state index is 0.353. The van der Waals surface area contributed by atoms with Gasteiger partial charge in [-0.3, -0.25) is 24.0 Å². The first-order chi connectivity index (χ1) is 13.5. The Bertz CT molecular complexity index is 820. The number of nitrogens with zero attached hydrogens (tertiary/aromatic N) is 3. The number of carbonyl (C=O) groups is 5. The van der Waals surface area contributed by atoms with E-state index in [0.29, 0.717) is 0 Å². The molecule has 0 bridgehead atoms. The van der Waals surface area contributed by atoms with Crippen molar-refractivity contribution in [3.8, 4) is 0 Å². The first-order valence-electron chi connectivity index (χ1n) is 8.21. The Morgan fingerprint density at radius 2 is 1.38 bits per heavy atom. The molecule has 1 fully saturated rings. The van der Waals surface area contributed by atoms with Crippen LogP contribution in [-0.2, 0) is 33.3 Å². The summed E-state index contributed by atoms with van der Waals surface area (Å²) in [6.07, 6.45) is -4.93. The minimum atomic E-state index is -1.35. The molecule has 14 heteroatoms. The summed E-state index contributed by atoms with van der Waals surface area (Å²) in [6, 6.07) is 0. The van der Waals surface area contributed by atoms with E-state index in [4.69, 9.17) is 30.4 Å². The zero-order valence-corrected chi connectivity index (χ0v) is 15.7. The zero-order chi connectivity index (χ0) is 21.9. The average Bonchev–Trinajstić information content (AvgIpc) is 3.15.